The number of aryl methyl sites for hydroxylation is 1. The van der Waals surface area contributed by atoms with Gasteiger partial charge in [-0.25, -0.2) is 0 Å². The molecular formula is C32H38N2O4. The molecule has 1 amide bonds. The highest BCUT2D eigenvalue weighted by molar-refractivity contribution is 6.34. The van der Waals surface area contributed by atoms with Crippen molar-refractivity contribution in [1.82, 2.24) is 4.90 Å². The number of ether oxygens (including phenoxy) is 1. The van der Waals surface area contributed by atoms with Crippen molar-refractivity contribution in [2.24, 2.45) is 5.92 Å². The normalized spacial score (nSPS) is 16.3. The number of rotatable bonds is 11. The molecule has 3 rings (SSSR count). The van der Waals surface area contributed by atoms with E-state index in [1.807, 2.05) is 26.8 Å². The number of hydrogen-bond donors (Lipinski definition) is 1. The van der Waals surface area contributed by atoms with Crippen LogP contribution >= 0.6 is 0 Å². The number of ketones is 1. The van der Waals surface area contributed by atoms with Gasteiger partial charge in [-0.3, -0.25) is 14.4 Å². The van der Waals surface area contributed by atoms with E-state index < -0.39 is 17.5 Å². The number of carbonyl (C=O) groups is 3. The third-order valence-corrected chi connectivity index (χ3v) is 6.82. The lowest BCUT2D eigenvalue weighted by Gasteiger charge is -2.29. The van der Waals surface area contributed by atoms with Crippen LogP contribution in [0.4, 0.5) is 0 Å². The SMILES string of the molecule is C=C(C)c1cccc(C(C[C@H]2CCCN2C(=O)/C=C(\OC(=O)CC(C)C)C(=O)C=N)c2cccc(C)c2)c1. The standard InChI is InChI=1S/C32H38N2O4/c1-21(2)15-32(37)38-30(29(35)20-33)19-31(36)34-14-8-13-27(34)18-28(25-11-6-9-23(5)16-25)26-12-7-10-24(17-26)22(3)4/h6-7,9-12,16-17,19-21,27-28,33H,3,8,13-15,18H2,1-2,4-5H3/b30-19-,33-20?/t27-,28?/m1/s1. The first-order valence-corrected chi connectivity index (χ1v) is 13.2. The molecule has 1 aliphatic rings. The number of amides is 1. The second-order valence-electron chi connectivity index (χ2n) is 10.5. The van der Waals surface area contributed by atoms with Crippen LogP contribution < -0.4 is 0 Å². The van der Waals surface area contributed by atoms with Gasteiger partial charge in [-0.2, -0.15) is 0 Å². The average molecular weight is 515 g/mol. The number of likely N-dealkylation sites (tertiary alicyclic amines) is 1. The van der Waals surface area contributed by atoms with E-state index in [2.05, 4.69) is 56.0 Å². The lowest BCUT2D eigenvalue weighted by Crippen LogP contribution is -2.36. The zero-order chi connectivity index (χ0) is 27.8. The summed E-state index contributed by atoms with van der Waals surface area (Å²) in [6.07, 6.45) is 4.15. The van der Waals surface area contributed by atoms with E-state index >= 15 is 0 Å². The lowest BCUT2D eigenvalue weighted by molar-refractivity contribution is -0.142. The maximum absolute atomic E-state index is 13.4. The minimum atomic E-state index is -0.805. The van der Waals surface area contributed by atoms with Crippen LogP contribution in [0.15, 0.2) is 66.9 Å². The van der Waals surface area contributed by atoms with Gasteiger partial charge in [-0.05, 0) is 55.7 Å². The predicted molar refractivity (Wildman–Crippen MR) is 151 cm³/mol. The summed E-state index contributed by atoms with van der Waals surface area (Å²) in [6, 6.07) is 16.8. The first-order chi connectivity index (χ1) is 18.1. The number of nitrogens with zero attached hydrogens (tertiary/aromatic N) is 1. The summed E-state index contributed by atoms with van der Waals surface area (Å²) in [6.45, 7) is 12.4. The van der Waals surface area contributed by atoms with E-state index in [0.717, 1.165) is 35.6 Å². The minimum Gasteiger partial charge on any atom is -0.422 e. The molecule has 1 fully saturated rings. The van der Waals surface area contributed by atoms with E-state index in [1.54, 1.807) is 4.90 Å². The number of allylic oxidation sites excluding steroid dienone is 2. The van der Waals surface area contributed by atoms with Crippen molar-refractivity contribution in [3.63, 3.8) is 0 Å². The summed E-state index contributed by atoms with van der Waals surface area (Å²) in [7, 11) is 0. The van der Waals surface area contributed by atoms with E-state index in [0.29, 0.717) is 19.2 Å². The van der Waals surface area contributed by atoms with Gasteiger partial charge in [0, 0.05) is 24.9 Å². The largest absolute Gasteiger partial charge is 0.422 e. The van der Waals surface area contributed by atoms with Crippen molar-refractivity contribution in [1.29, 1.82) is 5.41 Å². The van der Waals surface area contributed by atoms with E-state index in [1.165, 1.54) is 11.1 Å². The van der Waals surface area contributed by atoms with Gasteiger partial charge < -0.3 is 15.0 Å². The molecule has 2 atom stereocenters. The molecule has 1 unspecified atom stereocenters. The second-order valence-corrected chi connectivity index (χ2v) is 10.5. The first kappa shape index (κ1) is 28.8. The van der Waals surface area contributed by atoms with Crippen LogP contribution in [0.5, 0.6) is 0 Å². The Morgan fingerprint density at radius 1 is 1.13 bits per heavy atom. The topological polar surface area (TPSA) is 87.5 Å². The van der Waals surface area contributed by atoms with Gasteiger partial charge in [0.2, 0.25) is 5.78 Å². The van der Waals surface area contributed by atoms with E-state index in [9.17, 15) is 14.4 Å². The quantitative estimate of drug-likeness (QED) is 0.167. The number of Topliss-reactive ketones (excluding diaryl/α,β-unsaturated/α-hetero) is 1. The van der Waals surface area contributed by atoms with Crippen molar-refractivity contribution < 1.29 is 19.1 Å². The lowest BCUT2D eigenvalue weighted by atomic mass is 9.84. The minimum absolute atomic E-state index is 0.0411. The van der Waals surface area contributed by atoms with E-state index in [4.69, 9.17) is 10.1 Å². The summed E-state index contributed by atoms with van der Waals surface area (Å²) in [5.74, 6) is -2.08. The summed E-state index contributed by atoms with van der Waals surface area (Å²) < 4.78 is 5.21. The van der Waals surface area contributed by atoms with Crippen LogP contribution in [0, 0.1) is 18.3 Å². The molecule has 1 aliphatic heterocycles. The van der Waals surface area contributed by atoms with Crippen LogP contribution in [0.25, 0.3) is 5.57 Å². The second kappa shape index (κ2) is 13.1. The molecule has 1 heterocycles. The summed E-state index contributed by atoms with van der Waals surface area (Å²) in [4.78, 5) is 39.6. The monoisotopic (exact) mass is 514 g/mol. The summed E-state index contributed by atoms with van der Waals surface area (Å²) in [5.41, 5.74) is 5.59. The summed E-state index contributed by atoms with van der Waals surface area (Å²) >= 11 is 0. The molecule has 0 aliphatic carbocycles. The fourth-order valence-electron chi connectivity index (χ4n) is 4.93. The van der Waals surface area contributed by atoms with Crippen molar-refractivity contribution in [2.75, 3.05) is 6.54 Å². The Kier molecular flexibility index (Phi) is 9.94. The molecule has 38 heavy (non-hydrogen) atoms. The molecule has 0 spiro atoms. The van der Waals surface area contributed by atoms with Gasteiger partial charge in [0.1, 0.15) is 0 Å². The van der Waals surface area contributed by atoms with Gasteiger partial charge >= 0.3 is 5.97 Å². The van der Waals surface area contributed by atoms with Gasteiger partial charge in [0.25, 0.3) is 5.91 Å². The zero-order valence-corrected chi connectivity index (χ0v) is 22.8. The van der Waals surface area contributed by atoms with Crippen LogP contribution in [0.3, 0.4) is 0 Å². The molecule has 200 valence electrons. The average Bonchev–Trinajstić information content (AvgIpc) is 3.34. The molecule has 1 saturated heterocycles. The van der Waals surface area contributed by atoms with E-state index in [-0.39, 0.29) is 30.2 Å². The number of hydrogen-bond acceptors (Lipinski definition) is 5. The number of esters is 1. The van der Waals surface area contributed by atoms with Crippen molar-refractivity contribution >= 4 is 29.4 Å². The molecule has 0 bridgehead atoms. The van der Waals surface area contributed by atoms with Crippen molar-refractivity contribution in [2.45, 2.75) is 65.3 Å². The Bertz CT molecular complexity index is 1240. The molecule has 0 radical (unpaired) electrons. The number of nitrogens with one attached hydrogen (secondary N) is 1. The van der Waals surface area contributed by atoms with Gasteiger partial charge in [-0.1, -0.05) is 80.1 Å². The molecule has 2 aromatic rings. The smallest absolute Gasteiger partial charge is 0.311 e. The van der Waals surface area contributed by atoms with Crippen molar-refractivity contribution in [3.05, 3.63) is 89.2 Å². The Balaban J connectivity index is 1.90. The molecule has 1 N–H and O–H groups in total. The van der Waals surface area contributed by atoms with Crippen LogP contribution in [0.1, 0.15) is 74.6 Å². The third-order valence-electron chi connectivity index (χ3n) is 6.82. The fourth-order valence-corrected chi connectivity index (χ4v) is 4.93. The van der Waals surface area contributed by atoms with Gasteiger partial charge in [-0.15, -0.1) is 0 Å². The maximum Gasteiger partial charge on any atom is 0.311 e. The first-order valence-electron chi connectivity index (χ1n) is 13.2. The molecule has 6 heteroatoms. The van der Waals surface area contributed by atoms with Crippen molar-refractivity contribution in [3.8, 4) is 0 Å². The number of benzene rings is 2. The Labute approximate surface area is 225 Å². The van der Waals surface area contributed by atoms with Crippen LogP contribution in [-0.2, 0) is 19.1 Å². The predicted octanol–water partition coefficient (Wildman–Crippen LogP) is 6.23. The van der Waals surface area contributed by atoms with Gasteiger partial charge in [0.05, 0.1) is 12.3 Å². The molecule has 0 aromatic heterocycles. The molecule has 0 saturated carbocycles. The van der Waals surface area contributed by atoms with Crippen LogP contribution in [0.2, 0.25) is 0 Å². The summed E-state index contributed by atoms with van der Waals surface area (Å²) in [5, 5.41) is 7.33. The fraction of sp³-hybridized carbons (Fsp3) is 0.375. The highest BCUT2D eigenvalue weighted by atomic mass is 16.5. The maximum atomic E-state index is 13.4. The zero-order valence-electron chi connectivity index (χ0n) is 22.8. The van der Waals surface area contributed by atoms with Crippen LogP contribution in [-0.4, -0.2) is 41.4 Å². The Hall–Kier alpha value is -3.80. The van der Waals surface area contributed by atoms with Gasteiger partial charge in [0.15, 0.2) is 5.76 Å². The highest BCUT2D eigenvalue weighted by Gasteiger charge is 2.32. The Morgan fingerprint density at radius 2 is 1.82 bits per heavy atom. The molecule has 2 aromatic carbocycles. The molecule has 6 nitrogen and oxygen atoms in total. The Morgan fingerprint density at radius 3 is 2.45 bits per heavy atom. The third kappa shape index (κ3) is 7.60. The highest BCUT2D eigenvalue weighted by Crippen LogP contribution is 2.35. The molecular weight excluding hydrogens is 476 g/mol. The number of carbonyl (C=O) groups excluding carboxylic acids is 3.